The number of aryl methyl sites for hydroxylation is 1. The number of nitrogens with one attached hydrogen (secondary N) is 2. The molecule has 0 saturated heterocycles. The number of aromatic nitrogens is 4. The molecule has 3 rings (SSSR count). The minimum Gasteiger partial charge on any atom is -0.395 e. The Balaban J connectivity index is 1.99. The molecule has 0 spiro atoms. The molecule has 7 nitrogen and oxygen atoms in total. The van der Waals surface area contributed by atoms with Crippen molar-refractivity contribution in [3.8, 4) is 0 Å². The molecule has 2 aromatic heterocycles. The molecule has 0 unspecified atom stereocenters. The second-order valence-corrected chi connectivity index (χ2v) is 5.62. The molecule has 0 saturated carbocycles. The van der Waals surface area contributed by atoms with Crippen molar-refractivity contribution in [1.82, 2.24) is 19.7 Å². The maximum absolute atomic E-state index is 9.00. The number of hydrogen-bond donors (Lipinski definition) is 3. The first-order chi connectivity index (χ1) is 11.1. The van der Waals surface area contributed by atoms with E-state index < -0.39 is 0 Å². The van der Waals surface area contributed by atoms with Gasteiger partial charge in [0.1, 0.15) is 5.82 Å². The molecule has 3 aromatic rings. The molecule has 0 fully saturated rings. The largest absolute Gasteiger partial charge is 0.395 e. The van der Waals surface area contributed by atoms with Crippen LogP contribution in [0.5, 0.6) is 0 Å². The molecule has 0 radical (unpaired) electrons. The molecule has 3 N–H and O–H groups in total. The first-order valence-electron chi connectivity index (χ1n) is 6.85. The fourth-order valence-corrected chi connectivity index (χ4v) is 2.39. The predicted molar refractivity (Wildman–Crippen MR) is 91.6 cm³/mol. The van der Waals surface area contributed by atoms with Crippen molar-refractivity contribution >= 4 is 51.7 Å². The molecular weight excluding hydrogens is 339 g/mol. The van der Waals surface area contributed by atoms with Gasteiger partial charge in [0.25, 0.3) is 0 Å². The summed E-state index contributed by atoms with van der Waals surface area (Å²) in [6, 6.07) is 5.17. The van der Waals surface area contributed by atoms with Gasteiger partial charge in [-0.1, -0.05) is 23.2 Å². The zero-order valence-electron chi connectivity index (χ0n) is 12.2. The van der Waals surface area contributed by atoms with Gasteiger partial charge in [-0.15, -0.1) is 0 Å². The van der Waals surface area contributed by atoms with E-state index in [0.29, 0.717) is 39.7 Å². The number of benzene rings is 1. The van der Waals surface area contributed by atoms with E-state index in [-0.39, 0.29) is 6.61 Å². The molecule has 1 aromatic carbocycles. The SMILES string of the molecule is Cn1ncc2c(NCCO)nc(Nc3ccc(Cl)c(Cl)c3)nc21. The maximum atomic E-state index is 9.00. The highest BCUT2D eigenvalue weighted by Crippen LogP contribution is 2.27. The molecular formula is C14H14Cl2N6O. The first kappa shape index (κ1) is 15.8. The van der Waals surface area contributed by atoms with E-state index in [4.69, 9.17) is 28.3 Å². The highest BCUT2D eigenvalue weighted by Gasteiger charge is 2.12. The van der Waals surface area contributed by atoms with Gasteiger partial charge in [-0.2, -0.15) is 15.1 Å². The number of rotatable bonds is 5. The van der Waals surface area contributed by atoms with E-state index in [2.05, 4.69) is 25.7 Å². The van der Waals surface area contributed by atoms with Gasteiger partial charge < -0.3 is 15.7 Å². The van der Waals surface area contributed by atoms with Crippen molar-refractivity contribution in [3.63, 3.8) is 0 Å². The van der Waals surface area contributed by atoms with Crippen LogP contribution in [0.15, 0.2) is 24.4 Å². The third kappa shape index (κ3) is 3.31. The summed E-state index contributed by atoms with van der Waals surface area (Å²) in [6.45, 7) is 0.383. The highest BCUT2D eigenvalue weighted by molar-refractivity contribution is 6.42. The number of hydrogen-bond acceptors (Lipinski definition) is 6. The lowest BCUT2D eigenvalue weighted by molar-refractivity contribution is 0.311. The topological polar surface area (TPSA) is 87.9 Å². The lowest BCUT2D eigenvalue weighted by Gasteiger charge is -2.10. The van der Waals surface area contributed by atoms with Crippen molar-refractivity contribution in [2.45, 2.75) is 0 Å². The van der Waals surface area contributed by atoms with Gasteiger partial charge in [0.2, 0.25) is 5.95 Å². The van der Waals surface area contributed by atoms with Crippen LogP contribution in [0.2, 0.25) is 10.0 Å². The average Bonchev–Trinajstić information content (AvgIpc) is 2.90. The first-order valence-corrected chi connectivity index (χ1v) is 7.60. The quantitative estimate of drug-likeness (QED) is 0.654. The second-order valence-electron chi connectivity index (χ2n) is 4.81. The summed E-state index contributed by atoms with van der Waals surface area (Å²) in [7, 11) is 1.80. The molecule has 0 aliphatic rings. The van der Waals surface area contributed by atoms with E-state index in [9.17, 15) is 0 Å². The summed E-state index contributed by atoms with van der Waals surface area (Å²) in [5.41, 5.74) is 1.39. The van der Waals surface area contributed by atoms with Crippen LogP contribution in [0.25, 0.3) is 11.0 Å². The monoisotopic (exact) mass is 352 g/mol. The van der Waals surface area contributed by atoms with E-state index in [0.717, 1.165) is 5.39 Å². The lowest BCUT2D eigenvalue weighted by atomic mass is 10.3. The molecule has 0 bridgehead atoms. The van der Waals surface area contributed by atoms with Gasteiger partial charge in [0, 0.05) is 19.3 Å². The Morgan fingerprint density at radius 1 is 1.22 bits per heavy atom. The molecule has 9 heteroatoms. The molecule has 0 aliphatic heterocycles. The summed E-state index contributed by atoms with van der Waals surface area (Å²) in [5.74, 6) is 0.986. The number of aliphatic hydroxyl groups excluding tert-OH is 1. The minimum atomic E-state index is 0.00130. The van der Waals surface area contributed by atoms with Gasteiger partial charge in [-0.3, -0.25) is 4.68 Å². The highest BCUT2D eigenvalue weighted by atomic mass is 35.5. The number of halogens is 2. The normalized spacial score (nSPS) is 11.0. The van der Waals surface area contributed by atoms with E-state index in [1.54, 1.807) is 36.1 Å². The predicted octanol–water partition coefficient (Wildman–Crippen LogP) is 2.82. The standard InChI is InChI=1S/C14H14Cl2N6O/c1-22-13-9(7-18-22)12(17-4-5-23)20-14(21-13)19-8-2-3-10(15)11(16)6-8/h2-3,6-7,23H,4-5H2,1H3,(H2,17,19,20,21). The Hall–Kier alpha value is -2.09. The van der Waals surface area contributed by atoms with Crippen LogP contribution >= 0.6 is 23.2 Å². The van der Waals surface area contributed by atoms with Crippen LogP contribution in [-0.4, -0.2) is 38.0 Å². The number of nitrogens with zero attached hydrogens (tertiary/aromatic N) is 4. The third-order valence-electron chi connectivity index (χ3n) is 3.17. The van der Waals surface area contributed by atoms with Gasteiger partial charge in [-0.05, 0) is 18.2 Å². The van der Waals surface area contributed by atoms with Crippen LogP contribution in [0.4, 0.5) is 17.5 Å². The molecule has 0 amide bonds. The fourth-order valence-electron chi connectivity index (χ4n) is 2.09. The summed E-state index contributed by atoms with van der Waals surface area (Å²) in [5, 5.41) is 21.0. The van der Waals surface area contributed by atoms with Crippen LogP contribution in [0.1, 0.15) is 0 Å². The Morgan fingerprint density at radius 3 is 2.78 bits per heavy atom. The third-order valence-corrected chi connectivity index (χ3v) is 3.91. The summed E-state index contributed by atoms with van der Waals surface area (Å²) < 4.78 is 1.65. The fraction of sp³-hybridized carbons (Fsp3) is 0.214. The zero-order chi connectivity index (χ0) is 16.4. The maximum Gasteiger partial charge on any atom is 0.231 e. The number of fused-ring (bicyclic) bond motifs is 1. The van der Waals surface area contributed by atoms with Crippen LogP contribution in [0.3, 0.4) is 0 Å². The molecule has 120 valence electrons. The molecule has 0 atom stereocenters. The van der Waals surface area contributed by atoms with Crippen molar-refractivity contribution < 1.29 is 5.11 Å². The summed E-state index contributed by atoms with van der Waals surface area (Å²) in [6.07, 6.45) is 1.68. The Kier molecular flexibility index (Phi) is 4.51. The summed E-state index contributed by atoms with van der Waals surface area (Å²) >= 11 is 11.9. The average molecular weight is 353 g/mol. The van der Waals surface area contributed by atoms with Crippen molar-refractivity contribution in [1.29, 1.82) is 0 Å². The molecule has 23 heavy (non-hydrogen) atoms. The molecule has 0 aliphatic carbocycles. The minimum absolute atomic E-state index is 0.00130. The van der Waals surface area contributed by atoms with Crippen molar-refractivity contribution in [3.05, 3.63) is 34.4 Å². The second kappa shape index (κ2) is 6.57. The van der Waals surface area contributed by atoms with Gasteiger partial charge in [0.15, 0.2) is 5.65 Å². The van der Waals surface area contributed by atoms with Gasteiger partial charge >= 0.3 is 0 Å². The molecule has 2 heterocycles. The Morgan fingerprint density at radius 2 is 2.04 bits per heavy atom. The van der Waals surface area contributed by atoms with Gasteiger partial charge in [0.05, 0.1) is 28.2 Å². The number of aliphatic hydroxyl groups is 1. The Labute approximate surface area is 142 Å². The summed E-state index contributed by atoms with van der Waals surface area (Å²) in [4.78, 5) is 8.88. The van der Waals surface area contributed by atoms with Crippen molar-refractivity contribution in [2.75, 3.05) is 23.8 Å². The lowest BCUT2D eigenvalue weighted by Crippen LogP contribution is -2.09. The zero-order valence-corrected chi connectivity index (χ0v) is 13.7. The van der Waals surface area contributed by atoms with E-state index in [1.807, 2.05) is 0 Å². The van der Waals surface area contributed by atoms with Crippen LogP contribution in [-0.2, 0) is 7.05 Å². The van der Waals surface area contributed by atoms with E-state index in [1.165, 1.54) is 0 Å². The van der Waals surface area contributed by atoms with E-state index >= 15 is 0 Å². The van der Waals surface area contributed by atoms with Crippen LogP contribution in [0, 0.1) is 0 Å². The Bertz CT molecular complexity index is 851. The van der Waals surface area contributed by atoms with Crippen molar-refractivity contribution in [2.24, 2.45) is 7.05 Å². The van der Waals surface area contributed by atoms with Gasteiger partial charge in [-0.25, -0.2) is 0 Å². The smallest absolute Gasteiger partial charge is 0.231 e. The number of anilines is 3. The van der Waals surface area contributed by atoms with Crippen LogP contribution < -0.4 is 10.6 Å².